The Morgan fingerprint density at radius 3 is 2.21 bits per heavy atom. The first-order valence-electron chi connectivity index (χ1n) is 14.2. The van der Waals surface area contributed by atoms with Crippen molar-refractivity contribution in [2.24, 2.45) is 23.5 Å². The van der Waals surface area contributed by atoms with Gasteiger partial charge in [0, 0.05) is 11.4 Å². The predicted octanol–water partition coefficient (Wildman–Crippen LogP) is 4.14. The molecule has 0 spiro atoms. The molecule has 38 heavy (non-hydrogen) atoms. The second-order valence-corrected chi connectivity index (χ2v) is 12.2. The molecule has 1 saturated heterocycles. The van der Waals surface area contributed by atoms with Crippen LogP contribution in [0.4, 0.5) is 4.79 Å². The fourth-order valence-corrected chi connectivity index (χ4v) is 7.68. The van der Waals surface area contributed by atoms with Crippen LogP contribution in [0.1, 0.15) is 86.8 Å². The SMILES string of the molecule is COC(=O)N[C@@H](C(=O)N1CCC[C@H]1C(=O)NCc1ccc(C(=N)N)s1)C(C1CCCCC1)C1CCCCC1. The number of amidine groups is 1. The summed E-state index contributed by atoms with van der Waals surface area (Å²) in [6, 6.07) is 2.39. The van der Waals surface area contributed by atoms with E-state index in [1.165, 1.54) is 31.3 Å². The first-order valence-corrected chi connectivity index (χ1v) is 15.1. The van der Waals surface area contributed by atoms with Crippen molar-refractivity contribution in [1.29, 1.82) is 5.41 Å². The lowest BCUT2D eigenvalue weighted by molar-refractivity contribution is -0.142. The molecule has 10 heteroatoms. The molecule has 5 N–H and O–H groups in total. The van der Waals surface area contributed by atoms with Gasteiger partial charge in [0.25, 0.3) is 0 Å². The number of nitrogen functional groups attached to an aromatic ring is 1. The van der Waals surface area contributed by atoms with E-state index in [4.69, 9.17) is 15.9 Å². The number of nitrogens with two attached hydrogens (primary N) is 1. The molecule has 9 nitrogen and oxygen atoms in total. The van der Waals surface area contributed by atoms with Crippen molar-refractivity contribution in [3.05, 3.63) is 21.9 Å². The number of nitrogens with zero attached hydrogens (tertiary/aromatic N) is 1. The van der Waals surface area contributed by atoms with E-state index in [0.717, 1.165) is 62.7 Å². The van der Waals surface area contributed by atoms with Crippen LogP contribution < -0.4 is 16.4 Å². The van der Waals surface area contributed by atoms with Gasteiger partial charge in [-0.15, -0.1) is 11.3 Å². The average molecular weight is 546 g/mol. The molecule has 3 amide bonds. The van der Waals surface area contributed by atoms with E-state index in [1.54, 1.807) is 11.0 Å². The molecule has 2 atom stereocenters. The Labute approximate surface area is 229 Å². The Hall–Kier alpha value is -2.62. The molecule has 4 rings (SSSR count). The normalized spacial score (nSPS) is 21.7. The van der Waals surface area contributed by atoms with Crippen LogP contribution >= 0.6 is 11.3 Å². The summed E-state index contributed by atoms with van der Waals surface area (Å²) in [6.45, 7) is 0.831. The Bertz CT molecular complexity index is 968. The van der Waals surface area contributed by atoms with Crippen molar-refractivity contribution >= 4 is 35.1 Å². The number of hydrogen-bond donors (Lipinski definition) is 4. The van der Waals surface area contributed by atoms with Gasteiger partial charge in [-0.2, -0.15) is 0 Å². The van der Waals surface area contributed by atoms with Crippen LogP contribution in [0.2, 0.25) is 0 Å². The summed E-state index contributed by atoms with van der Waals surface area (Å²) in [7, 11) is 1.33. The minimum absolute atomic E-state index is 0.00905. The van der Waals surface area contributed by atoms with Crippen LogP contribution in [0.3, 0.4) is 0 Å². The second-order valence-electron chi connectivity index (χ2n) is 11.1. The van der Waals surface area contributed by atoms with Gasteiger partial charge >= 0.3 is 6.09 Å². The summed E-state index contributed by atoms with van der Waals surface area (Å²) >= 11 is 1.38. The number of methoxy groups -OCH3 is 1. The minimum Gasteiger partial charge on any atom is -0.453 e. The summed E-state index contributed by atoms with van der Waals surface area (Å²) in [5.41, 5.74) is 5.56. The van der Waals surface area contributed by atoms with Crippen molar-refractivity contribution in [2.75, 3.05) is 13.7 Å². The van der Waals surface area contributed by atoms with Gasteiger partial charge in [0.15, 0.2) is 0 Å². The fourth-order valence-electron chi connectivity index (χ4n) is 6.87. The minimum atomic E-state index is -0.683. The lowest BCUT2D eigenvalue weighted by Gasteiger charge is -2.43. The maximum Gasteiger partial charge on any atom is 0.407 e. The maximum absolute atomic E-state index is 14.2. The van der Waals surface area contributed by atoms with E-state index < -0.39 is 18.2 Å². The lowest BCUT2D eigenvalue weighted by Crippen LogP contribution is -2.58. The zero-order valence-corrected chi connectivity index (χ0v) is 23.3. The van der Waals surface area contributed by atoms with Crippen molar-refractivity contribution in [3.63, 3.8) is 0 Å². The smallest absolute Gasteiger partial charge is 0.407 e. The molecule has 1 aromatic heterocycles. The highest BCUT2D eigenvalue weighted by Crippen LogP contribution is 2.42. The van der Waals surface area contributed by atoms with E-state index in [2.05, 4.69) is 10.6 Å². The molecule has 3 fully saturated rings. The quantitative estimate of drug-likeness (QED) is 0.273. The molecular formula is C28H43N5O4S. The van der Waals surface area contributed by atoms with E-state index in [9.17, 15) is 14.4 Å². The van der Waals surface area contributed by atoms with Gasteiger partial charge in [0.2, 0.25) is 11.8 Å². The number of hydrogen-bond acceptors (Lipinski definition) is 6. The lowest BCUT2D eigenvalue weighted by atomic mass is 9.66. The van der Waals surface area contributed by atoms with E-state index in [1.807, 2.05) is 6.07 Å². The molecule has 0 aromatic carbocycles. The topological polar surface area (TPSA) is 138 Å². The Kier molecular flexibility index (Phi) is 10.0. The molecule has 2 aliphatic carbocycles. The number of alkyl carbamates (subject to hydrolysis) is 1. The van der Waals surface area contributed by atoms with Crippen LogP contribution in [0.15, 0.2) is 12.1 Å². The molecular weight excluding hydrogens is 502 g/mol. The van der Waals surface area contributed by atoms with Gasteiger partial charge in [-0.3, -0.25) is 15.0 Å². The van der Waals surface area contributed by atoms with Gasteiger partial charge < -0.3 is 26.0 Å². The average Bonchev–Trinajstić information content (AvgIpc) is 3.62. The van der Waals surface area contributed by atoms with Gasteiger partial charge in [0.05, 0.1) is 18.5 Å². The summed E-state index contributed by atoms with van der Waals surface area (Å²) in [5, 5.41) is 13.5. The van der Waals surface area contributed by atoms with E-state index >= 15 is 0 Å². The third-order valence-corrected chi connectivity index (χ3v) is 9.82. The fraction of sp³-hybridized carbons (Fsp3) is 0.714. The maximum atomic E-state index is 14.2. The van der Waals surface area contributed by atoms with Crippen LogP contribution in [0.25, 0.3) is 0 Å². The van der Waals surface area contributed by atoms with Gasteiger partial charge in [-0.25, -0.2) is 4.79 Å². The summed E-state index contributed by atoms with van der Waals surface area (Å²) in [4.78, 5) is 43.3. The zero-order valence-electron chi connectivity index (χ0n) is 22.5. The number of thiophene rings is 1. The summed E-state index contributed by atoms with van der Waals surface area (Å²) < 4.78 is 4.98. The molecule has 0 unspecified atom stereocenters. The first-order chi connectivity index (χ1) is 18.4. The van der Waals surface area contributed by atoms with Crippen molar-refractivity contribution in [1.82, 2.24) is 15.5 Å². The van der Waals surface area contributed by atoms with Crippen molar-refractivity contribution in [2.45, 2.75) is 95.7 Å². The molecule has 210 valence electrons. The largest absolute Gasteiger partial charge is 0.453 e. The van der Waals surface area contributed by atoms with Crippen LogP contribution in [0, 0.1) is 23.2 Å². The van der Waals surface area contributed by atoms with Gasteiger partial charge in [0.1, 0.15) is 17.9 Å². The third-order valence-electron chi connectivity index (χ3n) is 8.70. The Balaban J connectivity index is 1.52. The Morgan fingerprint density at radius 1 is 1.03 bits per heavy atom. The number of likely N-dealkylation sites (tertiary alicyclic amines) is 1. The van der Waals surface area contributed by atoms with Crippen molar-refractivity contribution in [3.8, 4) is 0 Å². The predicted molar refractivity (Wildman–Crippen MR) is 148 cm³/mol. The number of amides is 3. The molecule has 0 bridgehead atoms. The molecule has 2 heterocycles. The standard InChI is InChI=1S/C28H43N5O4S/c1-37-28(36)32-24(23(18-9-4-2-5-10-18)19-11-6-3-7-12-19)27(35)33-16-8-13-21(33)26(34)31-17-20-14-15-22(38-20)25(29)30/h14-15,18-19,21,23-24H,2-13,16-17H2,1H3,(H3,29,30)(H,31,34)(H,32,36)/t21-,24+/m0/s1. The third kappa shape index (κ3) is 6.87. The van der Waals surface area contributed by atoms with Crippen molar-refractivity contribution < 1.29 is 19.1 Å². The van der Waals surface area contributed by atoms with E-state index in [-0.39, 0.29) is 23.6 Å². The van der Waals surface area contributed by atoms with Gasteiger partial charge in [-0.1, -0.05) is 64.2 Å². The molecule has 1 aliphatic heterocycles. The Morgan fingerprint density at radius 2 is 1.66 bits per heavy atom. The molecule has 0 radical (unpaired) electrons. The number of ether oxygens (including phenoxy) is 1. The highest BCUT2D eigenvalue weighted by atomic mass is 32.1. The number of carbonyl (C=O) groups excluding carboxylic acids is 3. The summed E-state index contributed by atoms with van der Waals surface area (Å²) in [5.74, 6) is 0.517. The highest BCUT2D eigenvalue weighted by Gasteiger charge is 2.45. The summed E-state index contributed by atoms with van der Waals surface area (Å²) in [6.07, 6.45) is 12.2. The van der Waals surface area contributed by atoms with Crippen LogP contribution in [0.5, 0.6) is 0 Å². The van der Waals surface area contributed by atoms with Gasteiger partial charge in [-0.05, 0) is 42.7 Å². The second kappa shape index (κ2) is 13.4. The highest BCUT2D eigenvalue weighted by molar-refractivity contribution is 7.14. The van der Waals surface area contributed by atoms with Crippen LogP contribution in [-0.2, 0) is 20.9 Å². The zero-order chi connectivity index (χ0) is 27.1. The number of carbonyl (C=O) groups is 3. The van der Waals surface area contributed by atoms with Crippen LogP contribution in [-0.4, -0.2) is 54.4 Å². The number of rotatable bonds is 9. The monoisotopic (exact) mass is 545 g/mol. The molecule has 2 saturated carbocycles. The van der Waals surface area contributed by atoms with E-state index in [0.29, 0.717) is 36.2 Å². The molecule has 1 aromatic rings. The first kappa shape index (κ1) is 28.4. The molecule has 3 aliphatic rings. The number of nitrogens with one attached hydrogen (secondary N) is 3.